The standard InChI is InChI=1S/C23H29N3O3/c1-16(2)13-20(23(28)26-24-14-19-11-6-5-7-12-19)25-21(27)15-29-22-17(3)9-8-10-18(22)4/h5-12,14,16,20H,13,15H2,1-4H3,(H,25,27)(H,26,28)/b24-14-/t20-/m1/s1. The average molecular weight is 396 g/mol. The van der Waals surface area contributed by atoms with E-state index in [2.05, 4.69) is 15.8 Å². The maximum absolute atomic E-state index is 12.5. The van der Waals surface area contributed by atoms with Gasteiger partial charge in [-0.05, 0) is 42.9 Å². The molecule has 2 aromatic rings. The molecule has 0 fully saturated rings. The predicted octanol–water partition coefficient (Wildman–Crippen LogP) is 3.36. The predicted molar refractivity (Wildman–Crippen MR) is 115 cm³/mol. The summed E-state index contributed by atoms with van der Waals surface area (Å²) in [6.45, 7) is 7.69. The molecule has 6 heteroatoms. The number of carbonyl (C=O) groups excluding carboxylic acids is 2. The molecule has 0 aliphatic rings. The van der Waals surface area contributed by atoms with Crippen molar-refractivity contribution in [3.63, 3.8) is 0 Å². The Balaban J connectivity index is 1.93. The van der Waals surface area contributed by atoms with Crippen molar-refractivity contribution in [3.05, 3.63) is 65.2 Å². The van der Waals surface area contributed by atoms with Gasteiger partial charge in [0.2, 0.25) is 0 Å². The van der Waals surface area contributed by atoms with Gasteiger partial charge in [-0.2, -0.15) is 5.10 Å². The SMILES string of the molecule is Cc1cccc(C)c1OCC(=O)N[C@H](CC(C)C)C(=O)N/N=C\c1ccccc1. The summed E-state index contributed by atoms with van der Waals surface area (Å²) in [6.07, 6.45) is 2.07. The minimum Gasteiger partial charge on any atom is -0.483 e. The van der Waals surface area contributed by atoms with E-state index in [1.165, 1.54) is 0 Å². The smallest absolute Gasteiger partial charge is 0.262 e. The first-order chi connectivity index (χ1) is 13.9. The molecule has 0 saturated carbocycles. The van der Waals surface area contributed by atoms with Gasteiger partial charge >= 0.3 is 0 Å². The molecular formula is C23H29N3O3. The molecule has 0 heterocycles. The van der Waals surface area contributed by atoms with E-state index in [9.17, 15) is 9.59 Å². The Morgan fingerprint density at radius 2 is 1.69 bits per heavy atom. The van der Waals surface area contributed by atoms with E-state index >= 15 is 0 Å². The van der Waals surface area contributed by atoms with E-state index in [1.807, 2.05) is 76.2 Å². The Hall–Kier alpha value is -3.15. The van der Waals surface area contributed by atoms with Crippen molar-refractivity contribution in [1.29, 1.82) is 0 Å². The number of nitrogens with one attached hydrogen (secondary N) is 2. The van der Waals surface area contributed by atoms with Crippen LogP contribution in [0.15, 0.2) is 53.6 Å². The van der Waals surface area contributed by atoms with Crippen LogP contribution in [0, 0.1) is 19.8 Å². The lowest BCUT2D eigenvalue weighted by atomic mass is 10.0. The summed E-state index contributed by atoms with van der Waals surface area (Å²) in [7, 11) is 0. The second-order valence-corrected chi connectivity index (χ2v) is 7.40. The maximum atomic E-state index is 12.5. The van der Waals surface area contributed by atoms with Crippen LogP contribution in [0.1, 0.15) is 37.0 Å². The molecule has 2 aromatic carbocycles. The number of hydrazone groups is 1. The number of hydrogen-bond donors (Lipinski definition) is 2. The number of carbonyl (C=O) groups is 2. The van der Waals surface area contributed by atoms with Gasteiger partial charge in [-0.1, -0.05) is 62.4 Å². The Kier molecular flexibility index (Phi) is 8.40. The summed E-state index contributed by atoms with van der Waals surface area (Å²) in [4.78, 5) is 24.9. The summed E-state index contributed by atoms with van der Waals surface area (Å²) in [5, 5.41) is 6.74. The molecule has 0 radical (unpaired) electrons. The van der Waals surface area contributed by atoms with Crippen LogP contribution in [-0.2, 0) is 9.59 Å². The van der Waals surface area contributed by atoms with Crippen molar-refractivity contribution in [2.75, 3.05) is 6.61 Å². The Morgan fingerprint density at radius 1 is 1.03 bits per heavy atom. The van der Waals surface area contributed by atoms with E-state index in [4.69, 9.17) is 4.74 Å². The summed E-state index contributed by atoms with van der Waals surface area (Å²) >= 11 is 0. The minimum absolute atomic E-state index is 0.152. The van der Waals surface area contributed by atoms with Crippen LogP contribution in [0.4, 0.5) is 0 Å². The molecular weight excluding hydrogens is 366 g/mol. The van der Waals surface area contributed by atoms with Crippen LogP contribution in [0.25, 0.3) is 0 Å². The van der Waals surface area contributed by atoms with E-state index in [0.717, 1.165) is 16.7 Å². The van der Waals surface area contributed by atoms with Crippen molar-refractivity contribution in [3.8, 4) is 5.75 Å². The second-order valence-electron chi connectivity index (χ2n) is 7.40. The molecule has 1 atom stereocenters. The quantitative estimate of drug-likeness (QED) is 0.505. The fourth-order valence-electron chi connectivity index (χ4n) is 2.89. The van der Waals surface area contributed by atoms with Gasteiger partial charge in [0.25, 0.3) is 11.8 Å². The molecule has 0 bridgehead atoms. The largest absolute Gasteiger partial charge is 0.483 e. The fourth-order valence-corrected chi connectivity index (χ4v) is 2.89. The first kappa shape index (κ1) is 22.1. The van der Waals surface area contributed by atoms with Gasteiger partial charge in [0.15, 0.2) is 6.61 Å². The third-order valence-electron chi connectivity index (χ3n) is 4.30. The first-order valence-electron chi connectivity index (χ1n) is 9.73. The lowest BCUT2D eigenvalue weighted by molar-refractivity contribution is -0.130. The number of ether oxygens (including phenoxy) is 1. The van der Waals surface area contributed by atoms with Crippen LogP contribution in [0.2, 0.25) is 0 Å². The number of nitrogens with zero attached hydrogens (tertiary/aromatic N) is 1. The van der Waals surface area contributed by atoms with Crippen LogP contribution >= 0.6 is 0 Å². The Morgan fingerprint density at radius 3 is 2.31 bits per heavy atom. The van der Waals surface area contributed by atoms with E-state index in [0.29, 0.717) is 12.2 Å². The fraction of sp³-hybridized carbons (Fsp3) is 0.348. The lowest BCUT2D eigenvalue weighted by Crippen LogP contribution is -2.47. The number of aryl methyl sites for hydroxylation is 2. The van der Waals surface area contributed by atoms with Crippen molar-refractivity contribution < 1.29 is 14.3 Å². The molecule has 0 aliphatic heterocycles. The van der Waals surface area contributed by atoms with Gasteiger partial charge in [-0.3, -0.25) is 9.59 Å². The zero-order valence-corrected chi connectivity index (χ0v) is 17.4. The molecule has 2 amide bonds. The Labute approximate surface area is 172 Å². The van der Waals surface area contributed by atoms with Crippen molar-refractivity contribution in [2.45, 2.75) is 40.2 Å². The highest BCUT2D eigenvalue weighted by Crippen LogP contribution is 2.22. The molecule has 0 unspecified atom stereocenters. The van der Waals surface area contributed by atoms with Gasteiger partial charge in [-0.15, -0.1) is 0 Å². The summed E-state index contributed by atoms with van der Waals surface area (Å²) in [5.74, 6) is 0.218. The first-order valence-corrected chi connectivity index (χ1v) is 9.73. The van der Waals surface area contributed by atoms with Crippen LogP contribution < -0.4 is 15.5 Å². The van der Waals surface area contributed by atoms with E-state index < -0.39 is 6.04 Å². The van der Waals surface area contributed by atoms with Crippen LogP contribution in [0.3, 0.4) is 0 Å². The topological polar surface area (TPSA) is 79.8 Å². The summed E-state index contributed by atoms with van der Waals surface area (Å²) < 4.78 is 5.68. The minimum atomic E-state index is -0.683. The number of rotatable bonds is 9. The molecule has 0 aliphatic carbocycles. The molecule has 29 heavy (non-hydrogen) atoms. The Bertz CT molecular complexity index is 827. The molecule has 2 N–H and O–H groups in total. The van der Waals surface area contributed by atoms with Crippen LogP contribution in [0.5, 0.6) is 5.75 Å². The van der Waals surface area contributed by atoms with E-state index in [1.54, 1.807) is 6.21 Å². The summed E-state index contributed by atoms with van der Waals surface area (Å²) in [6, 6.07) is 14.6. The monoisotopic (exact) mass is 395 g/mol. The number of benzene rings is 2. The second kappa shape index (κ2) is 11.0. The van der Waals surface area contributed by atoms with Crippen molar-refractivity contribution in [1.82, 2.24) is 10.7 Å². The number of amides is 2. The maximum Gasteiger partial charge on any atom is 0.262 e. The highest BCUT2D eigenvalue weighted by molar-refractivity contribution is 5.89. The van der Waals surface area contributed by atoms with Crippen LogP contribution in [-0.4, -0.2) is 30.7 Å². The molecule has 154 valence electrons. The number of hydrogen-bond acceptors (Lipinski definition) is 4. The van der Waals surface area contributed by atoms with Gasteiger partial charge in [-0.25, -0.2) is 5.43 Å². The zero-order valence-electron chi connectivity index (χ0n) is 17.4. The van der Waals surface area contributed by atoms with Crippen molar-refractivity contribution >= 4 is 18.0 Å². The normalized spacial score (nSPS) is 12.0. The molecule has 6 nitrogen and oxygen atoms in total. The third kappa shape index (κ3) is 7.41. The lowest BCUT2D eigenvalue weighted by Gasteiger charge is -2.19. The van der Waals surface area contributed by atoms with E-state index in [-0.39, 0.29) is 24.3 Å². The molecule has 0 saturated heterocycles. The van der Waals surface area contributed by atoms with Gasteiger partial charge in [0.05, 0.1) is 6.21 Å². The molecule has 2 rings (SSSR count). The molecule has 0 aromatic heterocycles. The highest BCUT2D eigenvalue weighted by Gasteiger charge is 2.22. The van der Waals surface area contributed by atoms with Gasteiger partial charge in [0.1, 0.15) is 11.8 Å². The van der Waals surface area contributed by atoms with Gasteiger partial charge < -0.3 is 10.1 Å². The third-order valence-corrected chi connectivity index (χ3v) is 4.30. The van der Waals surface area contributed by atoms with Crippen molar-refractivity contribution in [2.24, 2.45) is 11.0 Å². The number of para-hydroxylation sites is 1. The highest BCUT2D eigenvalue weighted by atomic mass is 16.5. The van der Waals surface area contributed by atoms with Gasteiger partial charge in [0, 0.05) is 0 Å². The molecule has 0 spiro atoms. The zero-order chi connectivity index (χ0) is 21.2. The summed E-state index contributed by atoms with van der Waals surface area (Å²) in [5.41, 5.74) is 5.31. The average Bonchev–Trinajstić information content (AvgIpc) is 2.67.